The van der Waals surface area contributed by atoms with Crippen LogP contribution in [0.15, 0.2) is 35.4 Å². The summed E-state index contributed by atoms with van der Waals surface area (Å²) in [4.78, 5) is 30.4. The highest BCUT2D eigenvalue weighted by Crippen LogP contribution is 2.33. The molecule has 5 rings (SSSR count). The first kappa shape index (κ1) is 19.2. The number of amides is 1. The molecule has 0 spiro atoms. The average Bonchev–Trinajstić information content (AvgIpc) is 3.43. The Morgan fingerprint density at radius 3 is 2.63 bits per heavy atom. The van der Waals surface area contributed by atoms with Crippen LogP contribution in [0, 0.1) is 5.92 Å². The summed E-state index contributed by atoms with van der Waals surface area (Å²) in [6.45, 7) is 1.13. The highest BCUT2D eigenvalue weighted by Gasteiger charge is 2.27. The Morgan fingerprint density at radius 2 is 1.93 bits per heavy atom. The molecule has 2 fully saturated rings. The third-order valence-corrected chi connectivity index (χ3v) is 6.63. The minimum absolute atomic E-state index is 0.0920. The van der Waals surface area contributed by atoms with Gasteiger partial charge in [0, 0.05) is 37.6 Å². The number of hydrogen-bond acceptors (Lipinski definition) is 3. The van der Waals surface area contributed by atoms with Crippen LogP contribution in [0.3, 0.4) is 0 Å². The van der Waals surface area contributed by atoms with Gasteiger partial charge in [-0.3, -0.25) is 13.9 Å². The van der Waals surface area contributed by atoms with Gasteiger partial charge in [-0.15, -0.1) is 0 Å². The second-order valence-electron chi connectivity index (χ2n) is 8.84. The Hall–Kier alpha value is -2.83. The molecule has 0 saturated heterocycles. The maximum atomic E-state index is 13.4. The van der Waals surface area contributed by atoms with Crippen LogP contribution in [0.25, 0.3) is 11.0 Å². The molecule has 7 heteroatoms. The van der Waals surface area contributed by atoms with Crippen LogP contribution < -0.4 is 11.0 Å². The summed E-state index contributed by atoms with van der Waals surface area (Å²) in [5.74, 6) is 1.25. The number of fused-ring (bicyclic) bond motifs is 1. The molecule has 0 unspecified atom stereocenters. The van der Waals surface area contributed by atoms with Crippen molar-refractivity contribution in [2.75, 3.05) is 0 Å². The normalized spacial score (nSPS) is 17.5. The van der Waals surface area contributed by atoms with Crippen LogP contribution in [-0.4, -0.2) is 24.6 Å². The molecule has 3 aromatic rings. The molecule has 0 radical (unpaired) electrons. The van der Waals surface area contributed by atoms with E-state index in [1.54, 1.807) is 6.20 Å². The zero-order valence-electron chi connectivity index (χ0n) is 17.5. The summed E-state index contributed by atoms with van der Waals surface area (Å²) in [6, 6.07) is 5.98. The van der Waals surface area contributed by atoms with Gasteiger partial charge in [0.25, 0.3) is 5.91 Å². The Kier molecular flexibility index (Phi) is 4.97. The van der Waals surface area contributed by atoms with Crippen LogP contribution in [0.5, 0.6) is 0 Å². The molecule has 0 aliphatic heterocycles. The van der Waals surface area contributed by atoms with Crippen molar-refractivity contribution in [1.82, 2.24) is 24.0 Å². The summed E-state index contributed by atoms with van der Waals surface area (Å²) in [5, 5.41) is 2.95. The van der Waals surface area contributed by atoms with Gasteiger partial charge in [-0.2, -0.15) is 0 Å². The maximum absolute atomic E-state index is 13.4. The van der Waals surface area contributed by atoms with Gasteiger partial charge in [-0.1, -0.05) is 19.3 Å². The predicted molar refractivity (Wildman–Crippen MR) is 115 cm³/mol. The lowest BCUT2D eigenvalue weighted by molar-refractivity contribution is 0.0949. The number of aryl methyl sites for hydroxylation is 1. The van der Waals surface area contributed by atoms with Crippen molar-refractivity contribution in [3.63, 3.8) is 0 Å². The minimum Gasteiger partial charge on any atom is -0.345 e. The van der Waals surface area contributed by atoms with E-state index in [9.17, 15) is 9.59 Å². The Balaban J connectivity index is 1.48. The number of nitrogens with zero attached hydrogens (tertiary/aromatic N) is 4. The average molecular weight is 408 g/mol. The fraction of sp³-hybridized carbons (Fsp3) is 0.522. The largest absolute Gasteiger partial charge is 0.345 e. The molecule has 1 amide bonds. The summed E-state index contributed by atoms with van der Waals surface area (Å²) < 4.78 is 5.81. The first-order valence-corrected chi connectivity index (χ1v) is 11.1. The number of carbonyl (C=O) groups is 1. The lowest BCUT2D eigenvalue weighted by atomic mass is 9.95. The van der Waals surface area contributed by atoms with Gasteiger partial charge >= 0.3 is 5.69 Å². The quantitative estimate of drug-likeness (QED) is 0.681. The molecule has 1 N–H and O–H groups in total. The van der Waals surface area contributed by atoms with Crippen molar-refractivity contribution < 1.29 is 4.79 Å². The fourth-order valence-electron chi connectivity index (χ4n) is 4.68. The smallest absolute Gasteiger partial charge is 0.329 e. The van der Waals surface area contributed by atoms with Crippen LogP contribution >= 0.6 is 0 Å². The molecule has 0 atom stereocenters. The van der Waals surface area contributed by atoms with E-state index in [-0.39, 0.29) is 17.6 Å². The molecule has 2 saturated carbocycles. The van der Waals surface area contributed by atoms with E-state index in [0.29, 0.717) is 18.0 Å². The SMILES string of the molecule is Cn1ccnc1CNC(=O)c1ccc2c(c1)n(CC1CC1)c(=O)n2C1CCCCC1. The molecular formula is C23H29N5O2. The zero-order chi connectivity index (χ0) is 20.7. The molecule has 2 heterocycles. The summed E-state index contributed by atoms with van der Waals surface area (Å²) in [5.41, 5.74) is 2.53. The van der Waals surface area contributed by atoms with E-state index in [4.69, 9.17) is 0 Å². The first-order chi connectivity index (χ1) is 14.6. The second kappa shape index (κ2) is 7.78. The maximum Gasteiger partial charge on any atom is 0.329 e. The molecule has 2 aromatic heterocycles. The monoisotopic (exact) mass is 407 g/mol. The number of hydrogen-bond donors (Lipinski definition) is 1. The third kappa shape index (κ3) is 3.57. The van der Waals surface area contributed by atoms with Crippen molar-refractivity contribution in [2.24, 2.45) is 13.0 Å². The van der Waals surface area contributed by atoms with Crippen molar-refractivity contribution in [3.8, 4) is 0 Å². The number of rotatable bonds is 6. The zero-order valence-corrected chi connectivity index (χ0v) is 17.5. The van der Waals surface area contributed by atoms with Crippen LogP contribution in [0.4, 0.5) is 0 Å². The van der Waals surface area contributed by atoms with Gasteiger partial charge in [-0.25, -0.2) is 9.78 Å². The number of benzene rings is 1. The van der Waals surface area contributed by atoms with E-state index >= 15 is 0 Å². The third-order valence-electron chi connectivity index (χ3n) is 6.63. The van der Waals surface area contributed by atoms with Crippen molar-refractivity contribution in [2.45, 2.75) is 64.1 Å². The lowest BCUT2D eigenvalue weighted by Gasteiger charge is -2.23. The van der Waals surface area contributed by atoms with E-state index in [2.05, 4.69) is 10.3 Å². The molecule has 2 aliphatic carbocycles. The highest BCUT2D eigenvalue weighted by atomic mass is 16.2. The van der Waals surface area contributed by atoms with Crippen LogP contribution in [0.1, 0.15) is 67.2 Å². The summed E-state index contributed by atoms with van der Waals surface area (Å²) in [6.07, 6.45) is 11.7. The van der Waals surface area contributed by atoms with Crippen LogP contribution in [-0.2, 0) is 20.1 Å². The summed E-state index contributed by atoms with van der Waals surface area (Å²) >= 11 is 0. The molecule has 1 aromatic carbocycles. The van der Waals surface area contributed by atoms with Gasteiger partial charge in [0.2, 0.25) is 0 Å². The first-order valence-electron chi connectivity index (χ1n) is 11.1. The Labute approximate surface area is 175 Å². The molecule has 0 bridgehead atoms. The second-order valence-corrected chi connectivity index (χ2v) is 8.84. The van der Waals surface area contributed by atoms with E-state index in [0.717, 1.165) is 36.2 Å². The van der Waals surface area contributed by atoms with Gasteiger partial charge in [0.15, 0.2) is 0 Å². The van der Waals surface area contributed by atoms with Gasteiger partial charge in [0.1, 0.15) is 5.82 Å². The number of aromatic nitrogens is 4. The predicted octanol–water partition coefficient (Wildman–Crippen LogP) is 3.38. The molecule has 7 nitrogen and oxygen atoms in total. The fourth-order valence-corrected chi connectivity index (χ4v) is 4.68. The minimum atomic E-state index is -0.143. The topological polar surface area (TPSA) is 73.8 Å². The van der Waals surface area contributed by atoms with Crippen molar-refractivity contribution in [3.05, 3.63) is 52.5 Å². The van der Waals surface area contributed by atoms with Crippen LogP contribution in [0.2, 0.25) is 0 Å². The lowest BCUT2D eigenvalue weighted by Crippen LogP contribution is -2.29. The standard InChI is InChI=1S/C23H29N5O2/c1-26-12-11-24-21(26)14-25-22(29)17-9-10-19-20(13-17)27(15-16-7-8-16)23(30)28(19)18-5-3-2-4-6-18/h9-13,16,18H,2-8,14-15H2,1H3,(H,25,29). The van der Waals surface area contributed by atoms with E-state index in [1.165, 1.54) is 32.1 Å². The van der Waals surface area contributed by atoms with Crippen molar-refractivity contribution in [1.29, 1.82) is 0 Å². The van der Waals surface area contributed by atoms with E-state index in [1.807, 2.05) is 45.1 Å². The van der Waals surface area contributed by atoms with Crippen molar-refractivity contribution >= 4 is 16.9 Å². The van der Waals surface area contributed by atoms with E-state index < -0.39 is 0 Å². The van der Waals surface area contributed by atoms with Gasteiger partial charge < -0.3 is 9.88 Å². The molecule has 2 aliphatic rings. The van der Waals surface area contributed by atoms with Gasteiger partial charge in [0.05, 0.1) is 17.6 Å². The van der Waals surface area contributed by atoms with Gasteiger partial charge in [-0.05, 0) is 49.8 Å². The molecule has 30 heavy (non-hydrogen) atoms. The summed E-state index contributed by atoms with van der Waals surface area (Å²) in [7, 11) is 1.91. The number of carbonyl (C=O) groups excluding carboxylic acids is 1. The molecular weight excluding hydrogens is 378 g/mol. The number of nitrogens with one attached hydrogen (secondary N) is 1. The Bertz CT molecular complexity index is 1130. The Morgan fingerprint density at radius 1 is 1.13 bits per heavy atom. The molecule has 158 valence electrons. The number of imidazole rings is 2. The highest BCUT2D eigenvalue weighted by molar-refractivity contribution is 5.97.